The average molecular weight is 263 g/mol. The summed E-state index contributed by atoms with van der Waals surface area (Å²) in [6, 6.07) is 4.68. The summed E-state index contributed by atoms with van der Waals surface area (Å²) < 4.78 is 0. The molecule has 0 aromatic carbocycles. The molecule has 0 saturated heterocycles. The van der Waals surface area contributed by atoms with Crippen molar-refractivity contribution in [1.29, 1.82) is 0 Å². The zero-order chi connectivity index (χ0) is 14.1. The Labute approximate surface area is 118 Å². The standard InChI is InChI=1S/C16H29N3/c1-5-8-12-19(7-3)15-9-10-16(18-13-15)14(4)17-11-6-2/h9-10,13-14,17H,5-8,11-12H2,1-4H3. The minimum atomic E-state index is 0.333. The molecule has 1 unspecified atom stereocenters. The van der Waals surface area contributed by atoms with Crippen molar-refractivity contribution in [3.05, 3.63) is 24.0 Å². The van der Waals surface area contributed by atoms with Crippen LogP contribution >= 0.6 is 0 Å². The Morgan fingerprint density at radius 1 is 1.21 bits per heavy atom. The third-order valence-corrected chi connectivity index (χ3v) is 3.44. The zero-order valence-electron chi connectivity index (χ0n) is 12.9. The van der Waals surface area contributed by atoms with E-state index in [1.807, 2.05) is 6.20 Å². The molecule has 1 N–H and O–H groups in total. The van der Waals surface area contributed by atoms with Crippen LogP contribution < -0.4 is 10.2 Å². The van der Waals surface area contributed by atoms with Gasteiger partial charge in [-0.3, -0.25) is 4.98 Å². The first-order chi connectivity index (χ1) is 9.22. The number of hydrogen-bond acceptors (Lipinski definition) is 3. The summed E-state index contributed by atoms with van der Waals surface area (Å²) in [7, 11) is 0. The zero-order valence-corrected chi connectivity index (χ0v) is 12.9. The van der Waals surface area contributed by atoms with E-state index in [4.69, 9.17) is 0 Å². The van der Waals surface area contributed by atoms with Gasteiger partial charge in [0.05, 0.1) is 17.6 Å². The van der Waals surface area contributed by atoms with E-state index >= 15 is 0 Å². The molecule has 0 bridgehead atoms. The van der Waals surface area contributed by atoms with Gasteiger partial charge in [-0.2, -0.15) is 0 Å². The highest BCUT2D eigenvalue weighted by Crippen LogP contribution is 2.17. The van der Waals surface area contributed by atoms with E-state index < -0.39 is 0 Å². The quantitative estimate of drug-likeness (QED) is 0.735. The van der Waals surface area contributed by atoms with Crippen LogP contribution in [0.3, 0.4) is 0 Å². The van der Waals surface area contributed by atoms with Gasteiger partial charge in [0.25, 0.3) is 0 Å². The van der Waals surface area contributed by atoms with Crippen LogP contribution in [0.4, 0.5) is 5.69 Å². The average Bonchev–Trinajstić information content (AvgIpc) is 2.46. The van der Waals surface area contributed by atoms with Gasteiger partial charge in [-0.15, -0.1) is 0 Å². The molecule has 3 heteroatoms. The molecule has 3 nitrogen and oxygen atoms in total. The van der Waals surface area contributed by atoms with Gasteiger partial charge in [-0.05, 0) is 45.4 Å². The first-order valence-corrected chi connectivity index (χ1v) is 7.67. The van der Waals surface area contributed by atoms with Crippen molar-refractivity contribution in [2.45, 2.75) is 53.0 Å². The number of aromatic nitrogens is 1. The van der Waals surface area contributed by atoms with Gasteiger partial charge < -0.3 is 10.2 Å². The summed E-state index contributed by atoms with van der Waals surface area (Å²) in [5.74, 6) is 0. The van der Waals surface area contributed by atoms with Crippen molar-refractivity contribution in [2.24, 2.45) is 0 Å². The van der Waals surface area contributed by atoms with Gasteiger partial charge >= 0.3 is 0 Å². The van der Waals surface area contributed by atoms with E-state index in [-0.39, 0.29) is 0 Å². The Hall–Kier alpha value is -1.09. The molecule has 1 rings (SSSR count). The molecule has 0 aliphatic heterocycles. The van der Waals surface area contributed by atoms with Gasteiger partial charge in [0.1, 0.15) is 0 Å². The highest BCUT2D eigenvalue weighted by Gasteiger charge is 2.08. The molecule has 108 valence electrons. The topological polar surface area (TPSA) is 28.2 Å². The predicted molar refractivity (Wildman–Crippen MR) is 83.7 cm³/mol. The van der Waals surface area contributed by atoms with Crippen molar-refractivity contribution < 1.29 is 0 Å². The lowest BCUT2D eigenvalue weighted by Gasteiger charge is -2.23. The molecule has 0 radical (unpaired) electrons. The highest BCUT2D eigenvalue weighted by molar-refractivity contribution is 5.44. The van der Waals surface area contributed by atoms with Crippen molar-refractivity contribution >= 4 is 5.69 Å². The number of anilines is 1. The minimum absolute atomic E-state index is 0.333. The Balaban J connectivity index is 2.63. The van der Waals surface area contributed by atoms with Gasteiger partial charge in [-0.1, -0.05) is 20.3 Å². The number of nitrogens with zero attached hydrogens (tertiary/aromatic N) is 2. The molecule has 0 aliphatic carbocycles. The van der Waals surface area contributed by atoms with Gasteiger partial charge in [0.15, 0.2) is 0 Å². The van der Waals surface area contributed by atoms with E-state index in [1.165, 1.54) is 18.5 Å². The van der Waals surface area contributed by atoms with Crippen LogP contribution in [-0.4, -0.2) is 24.6 Å². The molecule has 1 aromatic rings. The maximum absolute atomic E-state index is 4.60. The number of nitrogens with one attached hydrogen (secondary N) is 1. The molecule has 0 saturated carbocycles. The van der Waals surface area contributed by atoms with Crippen LogP contribution in [0.2, 0.25) is 0 Å². The number of rotatable bonds is 9. The molecule has 19 heavy (non-hydrogen) atoms. The second-order valence-corrected chi connectivity index (χ2v) is 5.05. The van der Waals surface area contributed by atoms with Crippen LogP contribution in [-0.2, 0) is 0 Å². The van der Waals surface area contributed by atoms with Crippen molar-refractivity contribution in [1.82, 2.24) is 10.3 Å². The van der Waals surface area contributed by atoms with Crippen LogP contribution in [0.1, 0.15) is 58.7 Å². The first kappa shape index (κ1) is 16.0. The third-order valence-electron chi connectivity index (χ3n) is 3.44. The maximum Gasteiger partial charge on any atom is 0.0572 e. The Kier molecular flexibility index (Phi) is 7.49. The minimum Gasteiger partial charge on any atom is -0.371 e. The number of hydrogen-bond donors (Lipinski definition) is 1. The Morgan fingerprint density at radius 3 is 2.53 bits per heavy atom. The molecule has 1 aromatic heterocycles. The van der Waals surface area contributed by atoms with E-state index in [1.54, 1.807) is 0 Å². The summed E-state index contributed by atoms with van der Waals surface area (Å²) >= 11 is 0. The summed E-state index contributed by atoms with van der Waals surface area (Å²) in [4.78, 5) is 7.00. The van der Waals surface area contributed by atoms with Crippen molar-refractivity contribution in [3.8, 4) is 0 Å². The monoisotopic (exact) mass is 263 g/mol. The lowest BCUT2D eigenvalue weighted by atomic mass is 10.2. The normalized spacial score (nSPS) is 12.4. The first-order valence-electron chi connectivity index (χ1n) is 7.67. The van der Waals surface area contributed by atoms with Gasteiger partial charge in [0, 0.05) is 19.1 Å². The molecule has 1 heterocycles. The van der Waals surface area contributed by atoms with Gasteiger partial charge in [-0.25, -0.2) is 0 Å². The Morgan fingerprint density at radius 2 is 2.00 bits per heavy atom. The fraction of sp³-hybridized carbons (Fsp3) is 0.688. The molecular formula is C16H29N3. The second-order valence-electron chi connectivity index (χ2n) is 5.05. The molecular weight excluding hydrogens is 234 g/mol. The van der Waals surface area contributed by atoms with E-state index in [0.29, 0.717) is 6.04 Å². The lowest BCUT2D eigenvalue weighted by Crippen LogP contribution is -2.24. The highest BCUT2D eigenvalue weighted by atomic mass is 15.1. The van der Waals surface area contributed by atoms with Crippen LogP contribution in [0.25, 0.3) is 0 Å². The molecule has 0 aliphatic rings. The fourth-order valence-electron chi connectivity index (χ4n) is 2.12. The largest absolute Gasteiger partial charge is 0.371 e. The molecule has 0 amide bonds. The van der Waals surface area contributed by atoms with Crippen molar-refractivity contribution in [3.63, 3.8) is 0 Å². The predicted octanol–water partition coefficient (Wildman–Crippen LogP) is 3.77. The third kappa shape index (κ3) is 5.19. The van der Waals surface area contributed by atoms with E-state index in [2.05, 4.69) is 55.0 Å². The smallest absolute Gasteiger partial charge is 0.0572 e. The maximum atomic E-state index is 4.60. The van der Waals surface area contributed by atoms with E-state index in [0.717, 1.165) is 31.7 Å². The second kappa shape index (κ2) is 8.92. The van der Waals surface area contributed by atoms with Crippen molar-refractivity contribution in [2.75, 3.05) is 24.5 Å². The lowest BCUT2D eigenvalue weighted by molar-refractivity contribution is 0.558. The summed E-state index contributed by atoms with van der Waals surface area (Å²) in [6.45, 7) is 12.0. The summed E-state index contributed by atoms with van der Waals surface area (Å²) in [6.07, 6.45) is 5.64. The SMILES string of the molecule is CCCCN(CC)c1ccc(C(C)NCCC)nc1. The van der Waals surface area contributed by atoms with Crippen LogP contribution in [0.5, 0.6) is 0 Å². The van der Waals surface area contributed by atoms with Crippen LogP contribution in [0.15, 0.2) is 18.3 Å². The fourth-order valence-corrected chi connectivity index (χ4v) is 2.12. The Bertz CT molecular complexity index is 334. The van der Waals surface area contributed by atoms with Crippen LogP contribution in [0, 0.1) is 0 Å². The van der Waals surface area contributed by atoms with Gasteiger partial charge in [0.2, 0.25) is 0 Å². The molecule has 0 fully saturated rings. The molecule has 1 atom stereocenters. The molecule has 0 spiro atoms. The number of unbranched alkanes of at least 4 members (excludes halogenated alkanes) is 1. The number of pyridine rings is 1. The van der Waals surface area contributed by atoms with E-state index in [9.17, 15) is 0 Å². The summed E-state index contributed by atoms with van der Waals surface area (Å²) in [5.41, 5.74) is 2.37. The summed E-state index contributed by atoms with van der Waals surface area (Å²) in [5, 5.41) is 3.47.